The number of carboxylic acid groups (broad SMARTS) is 1. The van der Waals surface area contributed by atoms with Gasteiger partial charge in [0.15, 0.2) is 0 Å². The van der Waals surface area contributed by atoms with Crippen LogP contribution in [-0.2, 0) is 11.3 Å². The van der Waals surface area contributed by atoms with Crippen molar-refractivity contribution < 1.29 is 24.2 Å². The van der Waals surface area contributed by atoms with Gasteiger partial charge in [0.05, 0.1) is 11.7 Å². The third kappa shape index (κ3) is 6.03. The summed E-state index contributed by atoms with van der Waals surface area (Å²) in [6, 6.07) is 4.55. The van der Waals surface area contributed by atoms with Gasteiger partial charge in [0.1, 0.15) is 11.4 Å². The van der Waals surface area contributed by atoms with Gasteiger partial charge in [0, 0.05) is 12.1 Å². The van der Waals surface area contributed by atoms with E-state index in [1.807, 2.05) is 13.8 Å². The Bertz CT molecular complexity index is 546. The van der Waals surface area contributed by atoms with Crippen LogP contribution >= 0.6 is 0 Å². The number of hydrogen-bond acceptors (Lipinski definition) is 4. The molecule has 0 saturated carbocycles. The molecule has 1 aromatic rings. The zero-order valence-corrected chi connectivity index (χ0v) is 13.6. The summed E-state index contributed by atoms with van der Waals surface area (Å²) in [7, 11) is 0. The molecule has 0 bridgehead atoms. The van der Waals surface area contributed by atoms with Gasteiger partial charge in [-0.2, -0.15) is 0 Å². The van der Waals surface area contributed by atoms with Gasteiger partial charge in [0.2, 0.25) is 0 Å². The smallest absolute Gasteiger partial charge is 0.407 e. The minimum Gasteiger partial charge on any atom is -0.491 e. The minimum absolute atomic E-state index is 0.0593. The fourth-order valence-corrected chi connectivity index (χ4v) is 1.70. The van der Waals surface area contributed by atoms with Gasteiger partial charge in [-0.1, -0.05) is 0 Å². The monoisotopic (exact) mass is 309 g/mol. The van der Waals surface area contributed by atoms with E-state index in [1.165, 1.54) is 12.1 Å². The van der Waals surface area contributed by atoms with Gasteiger partial charge in [0.25, 0.3) is 0 Å². The zero-order chi connectivity index (χ0) is 16.9. The van der Waals surface area contributed by atoms with E-state index in [4.69, 9.17) is 14.6 Å². The van der Waals surface area contributed by atoms with Crippen LogP contribution in [0.15, 0.2) is 18.2 Å². The number of benzene rings is 1. The molecule has 1 amide bonds. The highest BCUT2D eigenvalue weighted by Crippen LogP contribution is 2.22. The fraction of sp³-hybridized carbons (Fsp3) is 0.500. The molecule has 22 heavy (non-hydrogen) atoms. The number of rotatable bonds is 5. The van der Waals surface area contributed by atoms with E-state index in [0.717, 1.165) is 0 Å². The summed E-state index contributed by atoms with van der Waals surface area (Å²) in [4.78, 5) is 22.8. The van der Waals surface area contributed by atoms with Gasteiger partial charge < -0.3 is 19.9 Å². The highest BCUT2D eigenvalue weighted by Gasteiger charge is 2.17. The highest BCUT2D eigenvalue weighted by molar-refractivity contribution is 5.88. The van der Waals surface area contributed by atoms with Crippen molar-refractivity contribution in [3.63, 3.8) is 0 Å². The molecule has 0 atom stereocenters. The SMILES string of the molecule is CC(C)Oc1ccc(C(=O)O)cc1CNC(=O)OC(C)(C)C. The lowest BCUT2D eigenvalue weighted by molar-refractivity contribution is 0.0523. The predicted octanol–water partition coefficient (Wildman–Crippen LogP) is 3.20. The molecule has 0 aliphatic rings. The van der Waals surface area contributed by atoms with E-state index in [1.54, 1.807) is 26.8 Å². The quantitative estimate of drug-likeness (QED) is 0.872. The largest absolute Gasteiger partial charge is 0.491 e. The number of nitrogens with one attached hydrogen (secondary N) is 1. The number of carbonyl (C=O) groups excluding carboxylic acids is 1. The van der Waals surface area contributed by atoms with E-state index in [2.05, 4.69) is 5.32 Å². The number of alkyl carbamates (subject to hydrolysis) is 1. The summed E-state index contributed by atoms with van der Waals surface area (Å²) < 4.78 is 10.8. The number of ether oxygens (including phenoxy) is 2. The van der Waals surface area contributed by atoms with Gasteiger partial charge >= 0.3 is 12.1 Å². The first-order valence-electron chi connectivity index (χ1n) is 7.08. The lowest BCUT2D eigenvalue weighted by Gasteiger charge is -2.20. The number of amides is 1. The third-order valence-corrected chi connectivity index (χ3v) is 2.49. The first-order valence-corrected chi connectivity index (χ1v) is 7.08. The van der Waals surface area contributed by atoms with Gasteiger partial charge in [-0.3, -0.25) is 0 Å². The van der Waals surface area contributed by atoms with Crippen LogP contribution in [0.25, 0.3) is 0 Å². The van der Waals surface area contributed by atoms with Crippen LogP contribution in [0.4, 0.5) is 4.79 Å². The average Bonchev–Trinajstić information content (AvgIpc) is 2.34. The second kappa shape index (κ2) is 7.15. The molecule has 0 saturated heterocycles. The Hall–Kier alpha value is -2.24. The zero-order valence-electron chi connectivity index (χ0n) is 13.6. The first-order chi connectivity index (χ1) is 10.1. The van der Waals surface area contributed by atoms with E-state index >= 15 is 0 Å². The first kappa shape index (κ1) is 17.8. The summed E-state index contributed by atoms with van der Waals surface area (Å²) in [6.45, 7) is 9.17. The second-order valence-electron chi connectivity index (χ2n) is 6.15. The fourth-order valence-electron chi connectivity index (χ4n) is 1.70. The van der Waals surface area contributed by atoms with Crippen LogP contribution in [0.2, 0.25) is 0 Å². The van der Waals surface area contributed by atoms with Crippen LogP contribution in [0, 0.1) is 0 Å². The molecule has 0 heterocycles. The Morgan fingerprint density at radius 3 is 2.41 bits per heavy atom. The summed E-state index contributed by atoms with van der Waals surface area (Å²) in [5, 5.41) is 11.7. The Labute approximate surface area is 130 Å². The highest BCUT2D eigenvalue weighted by atomic mass is 16.6. The van der Waals surface area contributed by atoms with Crippen LogP contribution < -0.4 is 10.1 Å². The van der Waals surface area contributed by atoms with E-state index in [9.17, 15) is 9.59 Å². The lowest BCUT2D eigenvalue weighted by Crippen LogP contribution is -2.32. The third-order valence-electron chi connectivity index (χ3n) is 2.49. The molecular weight excluding hydrogens is 286 g/mol. The van der Waals surface area contributed by atoms with Crippen LogP contribution in [0.3, 0.4) is 0 Å². The molecule has 6 nitrogen and oxygen atoms in total. The molecule has 122 valence electrons. The van der Waals surface area contributed by atoms with Crippen molar-refractivity contribution in [3.8, 4) is 5.75 Å². The second-order valence-corrected chi connectivity index (χ2v) is 6.15. The van der Waals surface area contributed by atoms with Crippen molar-refractivity contribution in [1.82, 2.24) is 5.32 Å². The maximum atomic E-state index is 11.7. The van der Waals surface area contributed by atoms with Gasteiger partial charge in [-0.15, -0.1) is 0 Å². The van der Waals surface area contributed by atoms with E-state index < -0.39 is 17.7 Å². The standard InChI is InChI=1S/C16H23NO5/c1-10(2)21-13-7-6-11(14(18)19)8-12(13)9-17-15(20)22-16(3,4)5/h6-8,10H,9H2,1-5H3,(H,17,20)(H,18,19). The Kier molecular flexibility index (Phi) is 5.79. The van der Waals surface area contributed by atoms with Crippen LogP contribution in [0.1, 0.15) is 50.5 Å². The lowest BCUT2D eigenvalue weighted by atomic mass is 10.1. The van der Waals surface area contributed by atoms with Crippen molar-refractivity contribution in [1.29, 1.82) is 0 Å². The molecule has 0 spiro atoms. The molecular formula is C16H23NO5. The summed E-state index contributed by atoms with van der Waals surface area (Å²) >= 11 is 0. The maximum absolute atomic E-state index is 11.7. The normalized spacial score (nSPS) is 11.2. The summed E-state index contributed by atoms with van der Waals surface area (Å²) in [5.74, 6) is -0.495. The number of aromatic carboxylic acids is 1. The van der Waals surface area contributed by atoms with Crippen molar-refractivity contribution in [3.05, 3.63) is 29.3 Å². The minimum atomic E-state index is -1.03. The van der Waals surface area contributed by atoms with Crippen molar-refractivity contribution >= 4 is 12.1 Å². The van der Waals surface area contributed by atoms with Gasteiger partial charge in [-0.05, 0) is 52.8 Å². The molecule has 0 unspecified atom stereocenters. The number of carboxylic acids is 1. The average molecular weight is 309 g/mol. The molecule has 1 rings (SSSR count). The number of hydrogen-bond donors (Lipinski definition) is 2. The maximum Gasteiger partial charge on any atom is 0.407 e. The molecule has 0 radical (unpaired) electrons. The Morgan fingerprint density at radius 2 is 1.91 bits per heavy atom. The van der Waals surface area contributed by atoms with Crippen LogP contribution in [0.5, 0.6) is 5.75 Å². The topological polar surface area (TPSA) is 84.9 Å². The summed E-state index contributed by atoms with van der Waals surface area (Å²) in [5.41, 5.74) is 0.126. The van der Waals surface area contributed by atoms with E-state index in [0.29, 0.717) is 11.3 Å². The Balaban J connectivity index is 2.87. The number of carbonyl (C=O) groups is 2. The van der Waals surface area contributed by atoms with Crippen molar-refractivity contribution in [2.45, 2.75) is 52.9 Å². The molecule has 0 fully saturated rings. The van der Waals surface area contributed by atoms with E-state index in [-0.39, 0.29) is 18.2 Å². The van der Waals surface area contributed by atoms with Crippen LogP contribution in [-0.4, -0.2) is 28.9 Å². The molecule has 0 aromatic heterocycles. The summed E-state index contributed by atoms with van der Waals surface area (Å²) in [6.07, 6.45) is -0.625. The van der Waals surface area contributed by atoms with Gasteiger partial charge in [-0.25, -0.2) is 9.59 Å². The van der Waals surface area contributed by atoms with Crippen molar-refractivity contribution in [2.75, 3.05) is 0 Å². The molecule has 0 aliphatic heterocycles. The Morgan fingerprint density at radius 1 is 1.27 bits per heavy atom. The molecule has 2 N–H and O–H groups in total. The molecule has 6 heteroatoms. The van der Waals surface area contributed by atoms with Crippen molar-refractivity contribution in [2.24, 2.45) is 0 Å². The molecule has 0 aliphatic carbocycles. The molecule has 1 aromatic carbocycles. The predicted molar refractivity (Wildman–Crippen MR) is 82.2 cm³/mol.